The van der Waals surface area contributed by atoms with Crippen LogP contribution in [0.25, 0.3) is 0 Å². The number of carbonyl (C=O) groups is 3. The van der Waals surface area contributed by atoms with Crippen LogP contribution in [0.1, 0.15) is 6.92 Å². The van der Waals surface area contributed by atoms with E-state index >= 15 is 0 Å². The molecule has 9 heteroatoms. The number of hydrogen-bond acceptors (Lipinski definition) is 3. The molecule has 140 valence electrons. The standard InChI is InChI=1S/C18H14Cl3N3O3/c1-10-17(26)23(18(27)24(10)11-5-3-2-4-6-11)9-16(25)22-15-8-13(20)12(19)7-14(15)21/h2-8,10H,9H2,1H3,(H,22,25). The number of anilines is 2. The van der Waals surface area contributed by atoms with E-state index in [9.17, 15) is 14.4 Å². The Morgan fingerprint density at radius 1 is 1.04 bits per heavy atom. The summed E-state index contributed by atoms with van der Waals surface area (Å²) in [6.45, 7) is 1.17. The molecule has 1 fully saturated rings. The van der Waals surface area contributed by atoms with Crippen molar-refractivity contribution in [1.29, 1.82) is 0 Å². The molecular weight excluding hydrogens is 413 g/mol. The van der Waals surface area contributed by atoms with Gasteiger partial charge in [-0.1, -0.05) is 53.0 Å². The molecule has 1 aliphatic heterocycles. The molecule has 0 spiro atoms. The fourth-order valence-corrected chi connectivity index (χ4v) is 3.34. The van der Waals surface area contributed by atoms with Gasteiger partial charge in [-0.2, -0.15) is 0 Å². The Labute approximate surface area is 170 Å². The van der Waals surface area contributed by atoms with Gasteiger partial charge in [0.15, 0.2) is 0 Å². The molecule has 1 aliphatic rings. The summed E-state index contributed by atoms with van der Waals surface area (Å²) in [6.07, 6.45) is 0. The second-order valence-electron chi connectivity index (χ2n) is 5.88. The van der Waals surface area contributed by atoms with Crippen molar-refractivity contribution >= 4 is 64.0 Å². The highest BCUT2D eigenvalue weighted by molar-refractivity contribution is 6.44. The van der Waals surface area contributed by atoms with E-state index in [1.807, 2.05) is 6.07 Å². The van der Waals surface area contributed by atoms with Gasteiger partial charge >= 0.3 is 6.03 Å². The average molecular weight is 427 g/mol. The first kappa shape index (κ1) is 19.5. The highest BCUT2D eigenvalue weighted by Gasteiger charge is 2.44. The summed E-state index contributed by atoms with van der Waals surface area (Å²) < 4.78 is 0. The monoisotopic (exact) mass is 425 g/mol. The first-order valence-corrected chi connectivity index (χ1v) is 9.07. The number of para-hydroxylation sites is 1. The van der Waals surface area contributed by atoms with Crippen molar-refractivity contribution in [3.8, 4) is 0 Å². The summed E-state index contributed by atoms with van der Waals surface area (Å²) in [7, 11) is 0. The number of amides is 4. The van der Waals surface area contributed by atoms with Crippen LogP contribution in [-0.2, 0) is 9.59 Å². The Hall–Kier alpha value is -2.28. The summed E-state index contributed by atoms with van der Waals surface area (Å²) in [5.41, 5.74) is 0.821. The van der Waals surface area contributed by atoms with E-state index in [-0.39, 0.29) is 20.8 Å². The minimum absolute atomic E-state index is 0.191. The molecule has 1 atom stereocenters. The number of imide groups is 1. The van der Waals surface area contributed by atoms with Crippen molar-refractivity contribution in [2.45, 2.75) is 13.0 Å². The number of halogens is 3. The molecule has 1 unspecified atom stereocenters. The van der Waals surface area contributed by atoms with Crippen LogP contribution in [0.3, 0.4) is 0 Å². The highest BCUT2D eigenvalue weighted by Crippen LogP contribution is 2.32. The molecule has 0 saturated carbocycles. The predicted octanol–water partition coefficient (Wildman–Crippen LogP) is 4.44. The molecule has 0 radical (unpaired) electrons. The Bertz CT molecular complexity index is 921. The third-order valence-corrected chi connectivity index (χ3v) is 5.10. The molecule has 6 nitrogen and oxygen atoms in total. The van der Waals surface area contributed by atoms with Crippen molar-refractivity contribution in [2.75, 3.05) is 16.8 Å². The van der Waals surface area contributed by atoms with Crippen LogP contribution in [0.5, 0.6) is 0 Å². The highest BCUT2D eigenvalue weighted by atomic mass is 35.5. The minimum atomic E-state index is -0.707. The largest absolute Gasteiger partial charge is 0.332 e. The number of nitrogens with one attached hydrogen (secondary N) is 1. The molecule has 2 aromatic carbocycles. The van der Waals surface area contributed by atoms with Crippen LogP contribution in [0.4, 0.5) is 16.2 Å². The lowest BCUT2D eigenvalue weighted by Crippen LogP contribution is -2.39. The van der Waals surface area contributed by atoms with Crippen LogP contribution < -0.4 is 10.2 Å². The summed E-state index contributed by atoms with van der Waals surface area (Å²) in [5.74, 6) is -1.04. The summed E-state index contributed by atoms with van der Waals surface area (Å²) >= 11 is 17.8. The zero-order valence-electron chi connectivity index (χ0n) is 14.1. The van der Waals surface area contributed by atoms with Crippen LogP contribution in [0.2, 0.25) is 15.1 Å². The van der Waals surface area contributed by atoms with Crippen molar-refractivity contribution in [3.63, 3.8) is 0 Å². The van der Waals surface area contributed by atoms with E-state index in [1.165, 1.54) is 17.0 Å². The van der Waals surface area contributed by atoms with Gasteiger partial charge in [-0.25, -0.2) is 4.79 Å². The molecule has 1 N–H and O–H groups in total. The zero-order valence-corrected chi connectivity index (χ0v) is 16.3. The molecule has 0 aromatic heterocycles. The number of rotatable bonds is 4. The normalized spacial score (nSPS) is 16.8. The smallest absolute Gasteiger partial charge is 0.323 e. The average Bonchev–Trinajstić information content (AvgIpc) is 2.84. The molecule has 1 saturated heterocycles. The van der Waals surface area contributed by atoms with Crippen molar-refractivity contribution < 1.29 is 14.4 Å². The van der Waals surface area contributed by atoms with Gasteiger partial charge in [0, 0.05) is 5.69 Å². The third-order valence-electron chi connectivity index (χ3n) is 4.07. The lowest BCUT2D eigenvalue weighted by molar-refractivity contribution is -0.130. The second kappa shape index (κ2) is 7.76. The Morgan fingerprint density at radius 2 is 1.67 bits per heavy atom. The van der Waals surface area contributed by atoms with Crippen LogP contribution in [-0.4, -0.2) is 35.3 Å². The van der Waals surface area contributed by atoms with Gasteiger partial charge in [0.05, 0.1) is 20.8 Å². The van der Waals surface area contributed by atoms with E-state index in [0.717, 1.165) is 4.90 Å². The molecule has 3 rings (SSSR count). The van der Waals surface area contributed by atoms with Crippen LogP contribution in [0, 0.1) is 0 Å². The van der Waals surface area contributed by atoms with Gasteiger partial charge < -0.3 is 5.32 Å². The van der Waals surface area contributed by atoms with Gasteiger partial charge in [0.25, 0.3) is 5.91 Å². The van der Waals surface area contributed by atoms with Crippen molar-refractivity contribution in [3.05, 3.63) is 57.5 Å². The lowest BCUT2D eigenvalue weighted by atomic mass is 10.2. The first-order chi connectivity index (χ1) is 12.8. The topological polar surface area (TPSA) is 69.7 Å². The van der Waals surface area contributed by atoms with Crippen LogP contribution >= 0.6 is 34.8 Å². The quantitative estimate of drug-likeness (QED) is 0.580. The SMILES string of the molecule is CC1C(=O)N(CC(=O)Nc2cc(Cl)c(Cl)cc2Cl)C(=O)N1c1ccccc1. The second-order valence-corrected chi connectivity index (χ2v) is 7.10. The van der Waals surface area contributed by atoms with Gasteiger partial charge in [-0.3, -0.25) is 19.4 Å². The van der Waals surface area contributed by atoms with Gasteiger partial charge in [0.2, 0.25) is 5.91 Å². The van der Waals surface area contributed by atoms with Gasteiger partial charge in [-0.05, 0) is 31.2 Å². The Morgan fingerprint density at radius 3 is 2.33 bits per heavy atom. The third kappa shape index (κ3) is 3.88. The van der Waals surface area contributed by atoms with Gasteiger partial charge in [-0.15, -0.1) is 0 Å². The molecule has 4 amide bonds. The minimum Gasteiger partial charge on any atom is -0.323 e. The number of urea groups is 1. The van der Waals surface area contributed by atoms with E-state index in [0.29, 0.717) is 5.69 Å². The summed E-state index contributed by atoms with van der Waals surface area (Å²) in [6, 6.07) is 10.3. The zero-order chi connectivity index (χ0) is 19.7. The number of hydrogen-bond donors (Lipinski definition) is 1. The van der Waals surface area contributed by atoms with Gasteiger partial charge in [0.1, 0.15) is 12.6 Å². The first-order valence-electron chi connectivity index (χ1n) is 7.93. The number of nitrogens with zero attached hydrogens (tertiary/aromatic N) is 2. The maximum absolute atomic E-state index is 12.7. The fraction of sp³-hybridized carbons (Fsp3) is 0.167. The molecule has 1 heterocycles. The molecule has 0 bridgehead atoms. The Kier molecular flexibility index (Phi) is 5.60. The molecular formula is C18H14Cl3N3O3. The maximum Gasteiger partial charge on any atom is 0.332 e. The van der Waals surface area contributed by atoms with E-state index < -0.39 is 30.4 Å². The Balaban J connectivity index is 1.75. The number of carbonyl (C=O) groups excluding carboxylic acids is 3. The predicted molar refractivity (Wildman–Crippen MR) is 106 cm³/mol. The lowest BCUT2D eigenvalue weighted by Gasteiger charge is -2.19. The van der Waals surface area contributed by atoms with Crippen molar-refractivity contribution in [1.82, 2.24) is 4.90 Å². The maximum atomic E-state index is 12.7. The molecule has 2 aromatic rings. The van der Waals surface area contributed by atoms with E-state index in [2.05, 4.69) is 5.32 Å². The number of benzene rings is 2. The molecule has 0 aliphatic carbocycles. The molecule has 27 heavy (non-hydrogen) atoms. The van der Waals surface area contributed by atoms with E-state index in [1.54, 1.807) is 31.2 Å². The summed E-state index contributed by atoms with van der Waals surface area (Å²) in [5, 5.41) is 3.19. The van der Waals surface area contributed by atoms with Crippen LogP contribution in [0.15, 0.2) is 42.5 Å². The van der Waals surface area contributed by atoms with Crippen molar-refractivity contribution in [2.24, 2.45) is 0 Å². The summed E-state index contributed by atoms with van der Waals surface area (Å²) in [4.78, 5) is 39.7. The van der Waals surface area contributed by atoms with E-state index in [4.69, 9.17) is 34.8 Å². The fourth-order valence-electron chi connectivity index (χ4n) is 2.75.